The van der Waals surface area contributed by atoms with E-state index in [1.807, 2.05) is 13.8 Å². The highest BCUT2D eigenvalue weighted by molar-refractivity contribution is 6.06. The molecule has 3 nitrogen and oxygen atoms in total. The summed E-state index contributed by atoms with van der Waals surface area (Å²) >= 11 is 0. The first-order valence-electron chi connectivity index (χ1n) is 4.52. The van der Waals surface area contributed by atoms with Crippen molar-refractivity contribution in [2.24, 2.45) is 5.73 Å². The smallest absolute Gasteiger partial charge is 0.249 e. The standard InChI is InChI=1S/C9H9NO2.C2H6/c1-6(11)7-4-2-3-5-8(7)9(10)12;1-2/h2-5H,1H3,(H2,10,12);1-2H3. The number of ketones is 1. The molecule has 3 heteroatoms. The van der Waals surface area contributed by atoms with Gasteiger partial charge in [-0.05, 0) is 13.0 Å². The fourth-order valence-electron chi connectivity index (χ4n) is 1.00. The van der Waals surface area contributed by atoms with Crippen LogP contribution in [0.25, 0.3) is 0 Å². The second-order valence-electron chi connectivity index (χ2n) is 2.47. The highest BCUT2D eigenvalue weighted by atomic mass is 16.1. The lowest BCUT2D eigenvalue weighted by Crippen LogP contribution is -2.15. The Balaban J connectivity index is 0.000000791. The summed E-state index contributed by atoms with van der Waals surface area (Å²) in [5, 5.41) is 0. The molecule has 0 aromatic heterocycles. The molecule has 0 aliphatic rings. The molecule has 1 aromatic carbocycles. The van der Waals surface area contributed by atoms with Crippen molar-refractivity contribution in [2.45, 2.75) is 20.8 Å². The molecule has 1 amide bonds. The van der Waals surface area contributed by atoms with Gasteiger partial charge >= 0.3 is 0 Å². The van der Waals surface area contributed by atoms with E-state index in [4.69, 9.17) is 5.73 Å². The van der Waals surface area contributed by atoms with E-state index < -0.39 is 5.91 Å². The van der Waals surface area contributed by atoms with Crippen molar-refractivity contribution in [1.82, 2.24) is 0 Å². The van der Waals surface area contributed by atoms with Crippen molar-refractivity contribution in [1.29, 1.82) is 0 Å². The molecule has 0 saturated heterocycles. The Labute approximate surface area is 83.9 Å². The van der Waals surface area contributed by atoms with Crippen LogP contribution in [0, 0.1) is 0 Å². The lowest BCUT2D eigenvalue weighted by Gasteiger charge is -2.00. The lowest BCUT2D eigenvalue weighted by molar-refractivity contribution is 0.0973. The van der Waals surface area contributed by atoms with Crippen LogP contribution in [0.1, 0.15) is 41.5 Å². The summed E-state index contributed by atoms with van der Waals surface area (Å²) in [7, 11) is 0. The van der Waals surface area contributed by atoms with Crippen molar-refractivity contribution in [3.05, 3.63) is 35.4 Å². The van der Waals surface area contributed by atoms with Gasteiger partial charge in [-0.1, -0.05) is 32.0 Å². The number of hydrogen-bond acceptors (Lipinski definition) is 2. The maximum absolute atomic E-state index is 11.0. The molecule has 0 bridgehead atoms. The van der Waals surface area contributed by atoms with Gasteiger partial charge in [0.2, 0.25) is 5.91 Å². The Kier molecular flexibility index (Phi) is 5.22. The highest BCUT2D eigenvalue weighted by Gasteiger charge is 2.09. The van der Waals surface area contributed by atoms with Crippen LogP contribution in [0.5, 0.6) is 0 Å². The minimum atomic E-state index is -0.569. The minimum absolute atomic E-state index is 0.149. The third kappa shape index (κ3) is 3.01. The summed E-state index contributed by atoms with van der Waals surface area (Å²) in [5.41, 5.74) is 5.72. The molecule has 0 fully saturated rings. The summed E-state index contributed by atoms with van der Waals surface area (Å²) in [6.45, 7) is 5.40. The van der Waals surface area contributed by atoms with Gasteiger partial charge in [0.1, 0.15) is 0 Å². The monoisotopic (exact) mass is 193 g/mol. The summed E-state index contributed by atoms with van der Waals surface area (Å²) in [6.07, 6.45) is 0. The Bertz CT molecular complexity index is 299. The molecule has 0 saturated carbocycles. The van der Waals surface area contributed by atoms with Crippen LogP contribution < -0.4 is 5.73 Å². The Hall–Kier alpha value is -1.64. The molecule has 0 unspecified atom stereocenters. The molecule has 0 heterocycles. The number of carbonyl (C=O) groups excluding carboxylic acids is 2. The predicted octanol–water partition coefficient (Wildman–Crippen LogP) is 2.01. The van der Waals surface area contributed by atoms with Crippen LogP contribution in [-0.2, 0) is 0 Å². The number of carbonyl (C=O) groups is 2. The number of amides is 1. The predicted molar refractivity (Wildman–Crippen MR) is 56.3 cm³/mol. The van der Waals surface area contributed by atoms with E-state index in [1.54, 1.807) is 24.3 Å². The van der Waals surface area contributed by atoms with E-state index >= 15 is 0 Å². The zero-order chi connectivity index (χ0) is 11.1. The van der Waals surface area contributed by atoms with Gasteiger partial charge in [-0.2, -0.15) is 0 Å². The number of hydrogen-bond donors (Lipinski definition) is 1. The van der Waals surface area contributed by atoms with Crippen LogP contribution in [0.2, 0.25) is 0 Å². The average molecular weight is 193 g/mol. The van der Waals surface area contributed by atoms with Gasteiger partial charge < -0.3 is 5.73 Å². The second-order valence-corrected chi connectivity index (χ2v) is 2.47. The fraction of sp³-hybridized carbons (Fsp3) is 0.273. The Morgan fingerprint density at radius 1 is 1.07 bits per heavy atom. The van der Waals surface area contributed by atoms with Crippen LogP contribution in [0.15, 0.2) is 24.3 Å². The van der Waals surface area contributed by atoms with Crippen molar-refractivity contribution in [2.75, 3.05) is 0 Å². The quantitative estimate of drug-likeness (QED) is 0.730. The maximum atomic E-state index is 11.0. The van der Waals surface area contributed by atoms with E-state index in [0.29, 0.717) is 5.56 Å². The van der Waals surface area contributed by atoms with Gasteiger partial charge in [0.15, 0.2) is 5.78 Å². The van der Waals surface area contributed by atoms with Crippen molar-refractivity contribution < 1.29 is 9.59 Å². The van der Waals surface area contributed by atoms with E-state index in [-0.39, 0.29) is 11.3 Å². The normalized spacial score (nSPS) is 8.50. The van der Waals surface area contributed by atoms with Crippen molar-refractivity contribution in [3.63, 3.8) is 0 Å². The number of primary amides is 1. The maximum Gasteiger partial charge on any atom is 0.249 e. The molecule has 0 atom stereocenters. The van der Waals surface area contributed by atoms with Crippen LogP contribution >= 0.6 is 0 Å². The summed E-state index contributed by atoms with van der Waals surface area (Å²) < 4.78 is 0. The van der Waals surface area contributed by atoms with E-state index in [1.165, 1.54) is 6.92 Å². The third-order valence-electron chi connectivity index (χ3n) is 1.57. The summed E-state index contributed by atoms with van der Waals surface area (Å²) in [5.74, 6) is -0.717. The lowest BCUT2D eigenvalue weighted by atomic mass is 10.0. The van der Waals surface area contributed by atoms with E-state index in [0.717, 1.165) is 0 Å². The Morgan fingerprint density at radius 3 is 1.79 bits per heavy atom. The molecule has 14 heavy (non-hydrogen) atoms. The topological polar surface area (TPSA) is 60.2 Å². The zero-order valence-electron chi connectivity index (χ0n) is 8.70. The molecule has 0 aliphatic heterocycles. The van der Waals surface area contributed by atoms with Crippen molar-refractivity contribution >= 4 is 11.7 Å². The SMILES string of the molecule is CC.CC(=O)c1ccccc1C(N)=O. The van der Waals surface area contributed by atoms with Gasteiger partial charge in [-0.25, -0.2) is 0 Å². The largest absolute Gasteiger partial charge is 0.366 e. The number of benzene rings is 1. The van der Waals surface area contributed by atoms with E-state index in [9.17, 15) is 9.59 Å². The molecule has 1 aromatic rings. The zero-order valence-corrected chi connectivity index (χ0v) is 8.70. The number of Topliss-reactive ketones (excluding diaryl/α,β-unsaturated/α-hetero) is 1. The first-order valence-corrected chi connectivity index (χ1v) is 4.52. The molecule has 0 aliphatic carbocycles. The van der Waals surface area contributed by atoms with Crippen LogP contribution in [0.4, 0.5) is 0 Å². The highest BCUT2D eigenvalue weighted by Crippen LogP contribution is 2.07. The molecule has 0 spiro atoms. The first kappa shape index (κ1) is 12.4. The third-order valence-corrected chi connectivity index (χ3v) is 1.57. The van der Waals surface area contributed by atoms with Crippen LogP contribution in [-0.4, -0.2) is 11.7 Å². The van der Waals surface area contributed by atoms with Crippen LogP contribution in [0.3, 0.4) is 0 Å². The second kappa shape index (κ2) is 5.91. The summed E-state index contributed by atoms with van der Waals surface area (Å²) in [6, 6.07) is 6.50. The molecular formula is C11H15NO2. The van der Waals surface area contributed by atoms with Gasteiger partial charge in [-0.3, -0.25) is 9.59 Å². The number of nitrogens with two attached hydrogens (primary N) is 1. The minimum Gasteiger partial charge on any atom is -0.366 e. The van der Waals surface area contributed by atoms with E-state index in [2.05, 4.69) is 0 Å². The fourth-order valence-corrected chi connectivity index (χ4v) is 1.00. The molecule has 0 radical (unpaired) electrons. The molecule has 1 rings (SSSR count). The molecule has 76 valence electrons. The Morgan fingerprint density at radius 2 is 1.50 bits per heavy atom. The molecule has 2 N–H and O–H groups in total. The summed E-state index contributed by atoms with van der Waals surface area (Å²) in [4.78, 5) is 21.8. The number of rotatable bonds is 2. The molecular weight excluding hydrogens is 178 g/mol. The van der Waals surface area contributed by atoms with Crippen molar-refractivity contribution in [3.8, 4) is 0 Å². The van der Waals surface area contributed by atoms with Gasteiger partial charge in [0.05, 0.1) is 0 Å². The average Bonchev–Trinajstić information content (AvgIpc) is 2.20. The van der Waals surface area contributed by atoms with Gasteiger partial charge in [0.25, 0.3) is 0 Å². The van der Waals surface area contributed by atoms with Gasteiger partial charge in [-0.15, -0.1) is 0 Å². The van der Waals surface area contributed by atoms with Gasteiger partial charge in [0, 0.05) is 11.1 Å². The first-order chi connectivity index (χ1) is 6.63.